The number of nitrogens with zero attached hydrogens (tertiary/aromatic N) is 1. The molecule has 0 amide bonds. The fourth-order valence-electron chi connectivity index (χ4n) is 1.27. The predicted octanol–water partition coefficient (Wildman–Crippen LogP) is 1.99. The van der Waals surface area contributed by atoms with Gasteiger partial charge in [-0.25, -0.2) is 4.98 Å². The third kappa shape index (κ3) is 3.38. The van der Waals surface area contributed by atoms with Crippen LogP contribution in [0.2, 0.25) is 0 Å². The number of nitrogens with two attached hydrogens (primary N) is 1. The molecule has 0 aliphatic rings. The Labute approximate surface area is 96.8 Å². The zero-order chi connectivity index (χ0) is 12.0. The standard InChI is InChI=1S/C12H20N2O2/c1-4-12(13,5-2)9-16-10-6-7-14-11(8-10)15-3/h6-8H,4-5,9,13H2,1-3H3. The molecule has 90 valence electrons. The van der Waals surface area contributed by atoms with Crippen LogP contribution in [0, 0.1) is 0 Å². The molecule has 2 N–H and O–H groups in total. The van der Waals surface area contributed by atoms with Gasteiger partial charge in [0.25, 0.3) is 0 Å². The summed E-state index contributed by atoms with van der Waals surface area (Å²) in [5.41, 5.74) is 5.89. The number of hydrogen-bond acceptors (Lipinski definition) is 4. The van der Waals surface area contributed by atoms with Crippen LogP contribution in [0.1, 0.15) is 26.7 Å². The highest BCUT2D eigenvalue weighted by atomic mass is 16.5. The summed E-state index contributed by atoms with van der Waals surface area (Å²) in [5, 5.41) is 0. The van der Waals surface area contributed by atoms with Gasteiger partial charge in [0, 0.05) is 17.8 Å². The Morgan fingerprint density at radius 3 is 2.62 bits per heavy atom. The second-order valence-corrected chi connectivity index (χ2v) is 3.89. The topological polar surface area (TPSA) is 57.4 Å². The minimum Gasteiger partial charge on any atom is -0.491 e. The molecule has 4 nitrogen and oxygen atoms in total. The van der Waals surface area contributed by atoms with Gasteiger partial charge in [0.05, 0.1) is 7.11 Å². The highest BCUT2D eigenvalue weighted by molar-refractivity contribution is 5.26. The molecule has 0 aromatic carbocycles. The Bertz CT molecular complexity index is 325. The molecule has 0 fully saturated rings. The molecule has 0 unspecified atom stereocenters. The van der Waals surface area contributed by atoms with Crippen molar-refractivity contribution < 1.29 is 9.47 Å². The van der Waals surface area contributed by atoms with E-state index in [1.165, 1.54) is 0 Å². The van der Waals surface area contributed by atoms with Gasteiger partial charge in [-0.05, 0) is 18.9 Å². The van der Waals surface area contributed by atoms with Crippen LogP contribution in [0.4, 0.5) is 0 Å². The van der Waals surface area contributed by atoms with Crippen LogP contribution >= 0.6 is 0 Å². The second kappa shape index (κ2) is 5.70. The quantitative estimate of drug-likeness (QED) is 0.802. The fraction of sp³-hybridized carbons (Fsp3) is 0.583. The fourth-order valence-corrected chi connectivity index (χ4v) is 1.27. The Kier molecular flexibility index (Phi) is 4.55. The minimum absolute atomic E-state index is 0.253. The Morgan fingerprint density at radius 2 is 2.06 bits per heavy atom. The zero-order valence-corrected chi connectivity index (χ0v) is 10.2. The maximum Gasteiger partial charge on any atom is 0.216 e. The molecule has 1 aromatic heterocycles. The summed E-state index contributed by atoms with van der Waals surface area (Å²) < 4.78 is 10.7. The van der Waals surface area contributed by atoms with Crippen LogP contribution in [0.15, 0.2) is 18.3 Å². The summed E-state index contributed by atoms with van der Waals surface area (Å²) in [6.45, 7) is 4.65. The molecular formula is C12H20N2O2. The average Bonchev–Trinajstić information content (AvgIpc) is 2.36. The SMILES string of the molecule is CCC(N)(CC)COc1ccnc(OC)c1. The lowest BCUT2D eigenvalue weighted by molar-refractivity contribution is 0.206. The van der Waals surface area contributed by atoms with E-state index in [4.69, 9.17) is 15.2 Å². The average molecular weight is 224 g/mol. The normalized spacial score (nSPS) is 11.2. The van der Waals surface area contributed by atoms with Crippen molar-refractivity contribution in [1.82, 2.24) is 4.98 Å². The van der Waals surface area contributed by atoms with Crippen molar-refractivity contribution in [2.24, 2.45) is 5.73 Å². The highest BCUT2D eigenvalue weighted by Gasteiger charge is 2.21. The molecule has 0 atom stereocenters. The lowest BCUT2D eigenvalue weighted by Crippen LogP contribution is -2.44. The summed E-state index contributed by atoms with van der Waals surface area (Å²) in [7, 11) is 1.58. The van der Waals surface area contributed by atoms with E-state index in [-0.39, 0.29) is 5.54 Å². The number of hydrogen-bond donors (Lipinski definition) is 1. The molecule has 0 aliphatic heterocycles. The van der Waals surface area contributed by atoms with Crippen LogP contribution in [0.3, 0.4) is 0 Å². The largest absolute Gasteiger partial charge is 0.491 e. The molecule has 0 bridgehead atoms. The first-order valence-corrected chi connectivity index (χ1v) is 5.55. The third-order valence-corrected chi connectivity index (χ3v) is 2.85. The lowest BCUT2D eigenvalue weighted by atomic mass is 9.96. The van der Waals surface area contributed by atoms with E-state index in [1.54, 1.807) is 25.4 Å². The van der Waals surface area contributed by atoms with Gasteiger partial charge < -0.3 is 15.2 Å². The number of methoxy groups -OCH3 is 1. The first kappa shape index (κ1) is 12.8. The van der Waals surface area contributed by atoms with Gasteiger partial charge in [-0.1, -0.05) is 13.8 Å². The van der Waals surface area contributed by atoms with E-state index in [0.29, 0.717) is 12.5 Å². The first-order valence-electron chi connectivity index (χ1n) is 5.55. The van der Waals surface area contributed by atoms with Crippen molar-refractivity contribution in [3.8, 4) is 11.6 Å². The van der Waals surface area contributed by atoms with Crippen molar-refractivity contribution in [2.45, 2.75) is 32.2 Å². The molecule has 0 radical (unpaired) electrons. The van der Waals surface area contributed by atoms with E-state index in [9.17, 15) is 0 Å². The van der Waals surface area contributed by atoms with Crippen LogP contribution in [-0.2, 0) is 0 Å². The molecule has 0 saturated heterocycles. The number of pyridine rings is 1. The molecule has 1 rings (SSSR count). The molecule has 4 heteroatoms. The van der Waals surface area contributed by atoms with Crippen molar-refractivity contribution in [3.63, 3.8) is 0 Å². The molecule has 16 heavy (non-hydrogen) atoms. The van der Waals surface area contributed by atoms with Crippen molar-refractivity contribution >= 4 is 0 Å². The van der Waals surface area contributed by atoms with E-state index < -0.39 is 0 Å². The molecular weight excluding hydrogens is 204 g/mol. The van der Waals surface area contributed by atoms with Crippen LogP contribution < -0.4 is 15.2 Å². The van der Waals surface area contributed by atoms with Crippen LogP contribution in [-0.4, -0.2) is 24.2 Å². The molecule has 0 spiro atoms. The number of aromatic nitrogens is 1. The summed E-state index contributed by atoms with van der Waals surface area (Å²) in [5.74, 6) is 1.29. The lowest BCUT2D eigenvalue weighted by Gasteiger charge is -2.26. The predicted molar refractivity (Wildman–Crippen MR) is 63.8 cm³/mol. The van der Waals surface area contributed by atoms with Gasteiger partial charge >= 0.3 is 0 Å². The monoisotopic (exact) mass is 224 g/mol. The summed E-state index contributed by atoms with van der Waals surface area (Å²) in [4.78, 5) is 4.01. The highest BCUT2D eigenvalue weighted by Crippen LogP contribution is 2.19. The molecule has 0 saturated carbocycles. The minimum atomic E-state index is -0.253. The summed E-state index contributed by atoms with van der Waals surface area (Å²) in [6, 6.07) is 3.56. The van der Waals surface area contributed by atoms with Crippen molar-refractivity contribution in [1.29, 1.82) is 0 Å². The van der Waals surface area contributed by atoms with Gasteiger partial charge in [-0.15, -0.1) is 0 Å². The van der Waals surface area contributed by atoms with Crippen molar-refractivity contribution in [3.05, 3.63) is 18.3 Å². The second-order valence-electron chi connectivity index (χ2n) is 3.89. The Balaban J connectivity index is 2.60. The van der Waals surface area contributed by atoms with E-state index in [2.05, 4.69) is 18.8 Å². The number of rotatable bonds is 6. The molecule has 1 heterocycles. The van der Waals surface area contributed by atoms with Gasteiger partial charge in [0.1, 0.15) is 12.4 Å². The summed E-state index contributed by atoms with van der Waals surface area (Å²) in [6.07, 6.45) is 3.45. The molecule has 0 aliphatic carbocycles. The number of ether oxygens (including phenoxy) is 2. The van der Waals surface area contributed by atoms with Gasteiger partial charge in [0.15, 0.2) is 0 Å². The van der Waals surface area contributed by atoms with Crippen LogP contribution in [0.5, 0.6) is 11.6 Å². The Morgan fingerprint density at radius 1 is 1.38 bits per heavy atom. The zero-order valence-electron chi connectivity index (χ0n) is 10.2. The van der Waals surface area contributed by atoms with E-state index in [1.807, 2.05) is 0 Å². The third-order valence-electron chi connectivity index (χ3n) is 2.85. The molecule has 1 aromatic rings. The smallest absolute Gasteiger partial charge is 0.216 e. The van der Waals surface area contributed by atoms with E-state index in [0.717, 1.165) is 18.6 Å². The van der Waals surface area contributed by atoms with Gasteiger partial charge in [-0.3, -0.25) is 0 Å². The van der Waals surface area contributed by atoms with Gasteiger partial charge in [0.2, 0.25) is 5.88 Å². The Hall–Kier alpha value is -1.29. The first-order chi connectivity index (χ1) is 7.63. The van der Waals surface area contributed by atoms with Crippen molar-refractivity contribution in [2.75, 3.05) is 13.7 Å². The van der Waals surface area contributed by atoms with E-state index >= 15 is 0 Å². The maximum absolute atomic E-state index is 6.14. The van der Waals surface area contributed by atoms with Crippen LogP contribution in [0.25, 0.3) is 0 Å². The maximum atomic E-state index is 6.14. The summed E-state index contributed by atoms with van der Waals surface area (Å²) >= 11 is 0. The van der Waals surface area contributed by atoms with Gasteiger partial charge in [-0.2, -0.15) is 0 Å².